The van der Waals surface area contributed by atoms with Crippen LogP contribution in [-0.2, 0) is 0 Å². The Morgan fingerprint density at radius 3 is 1.47 bits per heavy atom. The highest BCUT2D eigenvalue weighted by atomic mass is 16.3. The van der Waals surface area contributed by atoms with Crippen molar-refractivity contribution in [3.05, 3.63) is 0 Å². The highest BCUT2D eigenvalue weighted by Crippen LogP contribution is 2.03. The van der Waals surface area contributed by atoms with Gasteiger partial charge in [0.1, 0.15) is 0 Å². The molecule has 0 rings (SSSR count). The second kappa shape index (κ2) is 10.3. The lowest BCUT2D eigenvalue weighted by Crippen LogP contribution is -2.35. The van der Waals surface area contributed by atoms with Crippen molar-refractivity contribution >= 4 is 0 Å². The lowest BCUT2D eigenvalue weighted by Gasteiger charge is -2.14. The molecule has 0 saturated heterocycles. The number of nitrogens with two attached hydrogens (primary N) is 2. The monoisotopic (exact) mass is 222 g/mol. The van der Waals surface area contributed by atoms with E-state index in [-0.39, 0.29) is 19.3 Å². The van der Waals surface area contributed by atoms with Crippen molar-refractivity contribution < 1.29 is 15.3 Å². The van der Waals surface area contributed by atoms with Crippen LogP contribution in [0.25, 0.3) is 0 Å². The maximum atomic E-state index is 8.54. The lowest BCUT2D eigenvalue weighted by atomic mass is 10.0. The fraction of sp³-hybridized carbons (Fsp3) is 1.00. The van der Waals surface area contributed by atoms with E-state index < -0.39 is 12.1 Å². The van der Waals surface area contributed by atoms with Crippen LogP contribution in [0.4, 0.5) is 0 Å². The summed E-state index contributed by atoms with van der Waals surface area (Å²) >= 11 is 0. The minimum absolute atomic E-state index is 0.0278. The van der Waals surface area contributed by atoms with Crippen LogP contribution in [0.2, 0.25) is 0 Å². The minimum atomic E-state index is -0.606. The van der Waals surface area contributed by atoms with Gasteiger partial charge < -0.3 is 26.8 Å². The van der Waals surface area contributed by atoms with Gasteiger partial charge in [0, 0.05) is 6.04 Å². The fourth-order valence-electron chi connectivity index (χ4n) is 0.635. The topological polar surface area (TPSA) is 113 Å². The molecule has 0 aliphatic rings. The van der Waals surface area contributed by atoms with Crippen molar-refractivity contribution in [1.29, 1.82) is 0 Å². The third kappa shape index (κ3) is 10.1. The molecule has 0 heterocycles. The molecule has 0 aromatic heterocycles. The van der Waals surface area contributed by atoms with Gasteiger partial charge in [-0.15, -0.1) is 0 Å². The van der Waals surface area contributed by atoms with Crippen molar-refractivity contribution in [2.45, 2.75) is 45.4 Å². The molecule has 0 spiro atoms. The number of aliphatic hydroxyl groups excluding tert-OH is 3. The van der Waals surface area contributed by atoms with Gasteiger partial charge in [0.15, 0.2) is 0 Å². The molecule has 0 radical (unpaired) electrons. The summed E-state index contributed by atoms with van der Waals surface area (Å²) in [4.78, 5) is 0. The van der Waals surface area contributed by atoms with E-state index in [9.17, 15) is 0 Å². The Morgan fingerprint density at radius 2 is 1.40 bits per heavy atom. The number of hydrogen-bond acceptors (Lipinski definition) is 5. The van der Waals surface area contributed by atoms with Crippen molar-refractivity contribution in [3.8, 4) is 0 Å². The Bertz CT molecular complexity index is 126. The summed E-state index contributed by atoms with van der Waals surface area (Å²) in [6, 6.07) is -0.514. The molecule has 5 nitrogen and oxygen atoms in total. The molecule has 94 valence electrons. The van der Waals surface area contributed by atoms with Gasteiger partial charge in [-0.05, 0) is 12.8 Å². The van der Waals surface area contributed by atoms with Crippen molar-refractivity contribution in [1.82, 2.24) is 0 Å². The Kier molecular flexibility index (Phi) is 11.8. The molecule has 0 saturated carbocycles. The summed E-state index contributed by atoms with van der Waals surface area (Å²) in [5.74, 6) is 0.444. The molecule has 0 fully saturated rings. The molecule has 0 amide bonds. The summed E-state index contributed by atoms with van der Waals surface area (Å²) in [7, 11) is 0. The van der Waals surface area contributed by atoms with E-state index >= 15 is 0 Å². The first-order chi connectivity index (χ1) is 6.90. The van der Waals surface area contributed by atoms with Gasteiger partial charge in [0.05, 0.1) is 25.4 Å². The standard InChI is InChI=1S/C6H15NO.C4H11NO2/c1-3-5(2)6(7)4-8;1-3(7)4(5)2-6/h5-6,8H,3-4,7H2,1-2H3;3-4,6-7H,2,5H2,1H3/t5-,6+;3-,4-/m01/s1. The predicted molar refractivity (Wildman–Crippen MR) is 61.3 cm³/mol. The average molecular weight is 222 g/mol. The smallest absolute Gasteiger partial charge is 0.0685 e. The molecular weight excluding hydrogens is 196 g/mol. The van der Waals surface area contributed by atoms with Crippen LogP contribution in [0.5, 0.6) is 0 Å². The molecule has 15 heavy (non-hydrogen) atoms. The summed E-state index contributed by atoms with van der Waals surface area (Å²) in [6.45, 7) is 5.61. The van der Waals surface area contributed by atoms with Gasteiger partial charge in [0.2, 0.25) is 0 Å². The maximum absolute atomic E-state index is 8.54. The van der Waals surface area contributed by atoms with Crippen molar-refractivity contribution in [3.63, 3.8) is 0 Å². The quantitative estimate of drug-likeness (QED) is 0.411. The first-order valence-corrected chi connectivity index (χ1v) is 5.31. The van der Waals surface area contributed by atoms with Crippen LogP contribution in [0.1, 0.15) is 27.2 Å². The first-order valence-electron chi connectivity index (χ1n) is 5.31. The third-order valence-electron chi connectivity index (χ3n) is 2.42. The summed E-state index contributed by atoms with van der Waals surface area (Å²) in [5, 5.41) is 25.3. The largest absolute Gasteiger partial charge is 0.395 e. The van der Waals surface area contributed by atoms with Crippen LogP contribution < -0.4 is 11.5 Å². The van der Waals surface area contributed by atoms with E-state index in [4.69, 9.17) is 26.8 Å². The molecule has 0 aromatic rings. The van der Waals surface area contributed by atoms with Crippen LogP contribution in [0.15, 0.2) is 0 Å². The number of rotatable bonds is 5. The fourth-order valence-corrected chi connectivity index (χ4v) is 0.635. The Hall–Kier alpha value is -0.200. The van der Waals surface area contributed by atoms with E-state index in [1.807, 2.05) is 6.92 Å². The van der Waals surface area contributed by atoms with Crippen LogP contribution in [0, 0.1) is 5.92 Å². The summed E-state index contributed by atoms with van der Waals surface area (Å²) in [5.41, 5.74) is 10.6. The zero-order valence-electron chi connectivity index (χ0n) is 9.93. The van der Waals surface area contributed by atoms with E-state index in [2.05, 4.69) is 6.92 Å². The molecule has 0 aliphatic heterocycles. The molecule has 7 N–H and O–H groups in total. The SMILES string of the molecule is CC[C@H](C)[C@H](N)CO.C[C@@H](O)[C@H](N)CO. The molecule has 0 aromatic carbocycles. The summed E-state index contributed by atoms with van der Waals surface area (Å²) < 4.78 is 0. The van der Waals surface area contributed by atoms with Gasteiger partial charge >= 0.3 is 0 Å². The van der Waals surface area contributed by atoms with E-state index in [0.717, 1.165) is 6.42 Å². The second-order valence-corrected chi connectivity index (χ2v) is 3.82. The van der Waals surface area contributed by atoms with E-state index in [1.165, 1.54) is 0 Å². The summed E-state index contributed by atoms with van der Waals surface area (Å²) in [6.07, 6.45) is 0.437. The van der Waals surface area contributed by atoms with Gasteiger partial charge in [-0.1, -0.05) is 20.3 Å². The molecule has 0 aliphatic carbocycles. The van der Waals surface area contributed by atoms with Crippen LogP contribution in [0.3, 0.4) is 0 Å². The molecule has 5 heteroatoms. The molecular formula is C10H26N2O3. The zero-order chi connectivity index (χ0) is 12.4. The Labute approximate surface area is 92.1 Å². The van der Waals surface area contributed by atoms with Gasteiger partial charge in [-0.3, -0.25) is 0 Å². The minimum Gasteiger partial charge on any atom is -0.395 e. The number of hydrogen-bond donors (Lipinski definition) is 5. The van der Waals surface area contributed by atoms with Crippen molar-refractivity contribution in [2.24, 2.45) is 17.4 Å². The van der Waals surface area contributed by atoms with Crippen molar-refractivity contribution in [2.75, 3.05) is 13.2 Å². The third-order valence-corrected chi connectivity index (χ3v) is 2.42. The van der Waals surface area contributed by atoms with Crippen LogP contribution >= 0.6 is 0 Å². The van der Waals surface area contributed by atoms with Gasteiger partial charge in [-0.25, -0.2) is 0 Å². The van der Waals surface area contributed by atoms with E-state index in [0.29, 0.717) is 5.92 Å². The van der Waals surface area contributed by atoms with Gasteiger partial charge in [0.25, 0.3) is 0 Å². The highest BCUT2D eigenvalue weighted by molar-refractivity contribution is 4.65. The molecule has 0 bridgehead atoms. The Balaban J connectivity index is 0. The molecule has 4 atom stereocenters. The lowest BCUT2D eigenvalue weighted by molar-refractivity contribution is 0.123. The molecule has 0 unspecified atom stereocenters. The van der Waals surface area contributed by atoms with E-state index in [1.54, 1.807) is 6.92 Å². The number of aliphatic hydroxyl groups is 3. The zero-order valence-corrected chi connectivity index (χ0v) is 9.93. The normalized spacial score (nSPS) is 18.4. The first kappa shape index (κ1) is 17.2. The van der Waals surface area contributed by atoms with Crippen LogP contribution in [-0.4, -0.2) is 46.7 Å². The maximum Gasteiger partial charge on any atom is 0.0685 e. The van der Waals surface area contributed by atoms with Gasteiger partial charge in [-0.2, -0.15) is 0 Å². The Morgan fingerprint density at radius 1 is 1.00 bits per heavy atom. The second-order valence-electron chi connectivity index (χ2n) is 3.82. The predicted octanol–water partition coefficient (Wildman–Crippen LogP) is -0.961. The highest BCUT2D eigenvalue weighted by Gasteiger charge is 2.07. The average Bonchev–Trinajstić information content (AvgIpc) is 2.26.